The normalized spacial score (nSPS) is 9.94. The molecule has 0 spiro atoms. The average Bonchev–Trinajstić information content (AvgIpc) is 2.12. The van der Waals surface area contributed by atoms with E-state index in [9.17, 15) is 14.4 Å². The highest BCUT2D eigenvalue weighted by atomic mass is 16.7. The minimum absolute atomic E-state index is 0.263. The lowest BCUT2D eigenvalue weighted by Crippen LogP contribution is -2.48. The third-order valence-corrected chi connectivity index (χ3v) is 1.57. The van der Waals surface area contributed by atoms with E-state index in [1.165, 1.54) is 0 Å². The number of carboxylic acids is 1. The largest absolute Gasteiger partial charge is 0.479 e. The number of carbonyl (C=O) groups is 3. The highest BCUT2D eigenvalue weighted by molar-refractivity contribution is 5.82. The Morgan fingerprint density at radius 2 is 2.00 bits per heavy atom. The Balaban J connectivity index is 4.17. The molecule has 0 aromatic heterocycles. The number of hydrogen-bond donors (Lipinski definition) is 3. The van der Waals surface area contributed by atoms with Crippen LogP contribution in [0.5, 0.6) is 0 Å². The van der Waals surface area contributed by atoms with Crippen LogP contribution in [0.3, 0.4) is 0 Å². The molecule has 16 heavy (non-hydrogen) atoms. The molecule has 0 rings (SSSR count). The molecular weight excluding hydrogens is 218 g/mol. The van der Waals surface area contributed by atoms with Crippen LogP contribution >= 0.6 is 0 Å². The summed E-state index contributed by atoms with van der Waals surface area (Å²) >= 11 is 0. The molecule has 0 fully saturated rings. The van der Waals surface area contributed by atoms with Gasteiger partial charge in [-0.2, -0.15) is 0 Å². The molecule has 0 heterocycles. The fourth-order valence-electron chi connectivity index (χ4n) is 0.875. The van der Waals surface area contributed by atoms with Gasteiger partial charge in [-0.25, -0.2) is 15.1 Å². The van der Waals surface area contributed by atoms with Crippen molar-refractivity contribution in [2.45, 2.75) is 19.9 Å². The second-order valence-corrected chi connectivity index (χ2v) is 3.28. The van der Waals surface area contributed by atoms with Gasteiger partial charge in [-0.15, -0.1) is 0 Å². The SMILES string of the molecule is CC(C)N(CC(N)=O)C(=O)NOCC(=O)O. The van der Waals surface area contributed by atoms with Gasteiger partial charge in [0.1, 0.15) is 6.54 Å². The lowest BCUT2D eigenvalue weighted by Gasteiger charge is -2.24. The van der Waals surface area contributed by atoms with Gasteiger partial charge < -0.3 is 15.7 Å². The highest BCUT2D eigenvalue weighted by Crippen LogP contribution is 1.97. The number of hydroxylamine groups is 1. The summed E-state index contributed by atoms with van der Waals surface area (Å²) in [4.78, 5) is 37.6. The van der Waals surface area contributed by atoms with E-state index in [0.717, 1.165) is 4.90 Å². The predicted octanol–water partition coefficient (Wildman–Crippen LogP) is -1.09. The van der Waals surface area contributed by atoms with E-state index in [4.69, 9.17) is 10.8 Å². The summed E-state index contributed by atoms with van der Waals surface area (Å²) in [5.41, 5.74) is 6.85. The molecule has 4 N–H and O–H groups in total. The Morgan fingerprint density at radius 1 is 1.44 bits per heavy atom. The van der Waals surface area contributed by atoms with Gasteiger partial charge in [-0.1, -0.05) is 0 Å². The van der Waals surface area contributed by atoms with Gasteiger partial charge in [-0.05, 0) is 13.8 Å². The summed E-state index contributed by atoms with van der Waals surface area (Å²) in [5.74, 6) is -1.88. The summed E-state index contributed by atoms with van der Waals surface area (Å²) in [6.07, 6.45) is 0. The predicted molar refractivity (Wildman–Crippen MR) is 53.2 cm³/mol. The number of primary amides is 1. The van der Waals surface area contributed by atoms with E-state index in [0.29, 0.717) is 0 Å². The van der Waals surface area contributed by atoms with Gasteiger partial charge in [0.05, 0.1) is 0 Å². The van der Waals surface area contributed by atoms with Gasteiger partial charge >= 0.3 is 12.0 Å². The molecule has 3 amide bonds. The number of amides is 3. The van der Waals surface area contributed by atoms with Crippen molar-refractivity contribution in [2.24, 2.45) is 5.73 Å². The average molecular weight is 233 g/mol. The van der Waals surface area contributed by atoms with Crippen LogP contribution in [0.25, 0.3) is 0 Å². The second kappa shape index (κ2) is 6.62. The Morgan fingerprint density at radius 3 is 2.38 bits per heavy atom. The van der Waals surface area contributed by atoms with Crippen LogP contribution in [0.15, 0.2) is 0 Å². The lowest BCUT2D eigenvalue weighted by molar-refractivity contribution is -0.144. The number of nitrogens with zero attached hydrogens (tertiary/aromatic N) is 1. The van der Waals surface area contributed by atoms with Crippen molar-refractivity contribution in [1.82, 2.24) is 10.4 Å². The van der Waals surface area contributed by atoms with E-state index in [1.54, 1.807) is 13.8 Å². The fourth-order valence-corrected chi connectivity index (χ4v) is 0.875. The zero-order valence-corrected chi connectivity index (χ0v) is 9.10. The summed E-state index contributed by atoms with van der Waals surface area (Å²) in [6.45, 7) is 2.44. The van der Waals surface area contributed by atoms with E-state index in [2.05, 4.69) is 4.84 Å². The molecule has 0 saturated heterocycles. The van der Waals surface area contributed by atoms with Gasteiger partial charge in [-0.3, -0.25) is 9.63 Å². The number of nitrogens with two attached hydrogens (primary N) is 1. The fraction of sp³-hybridized carbons (Fsp3) is 0.625. The molecule has 0 aliphatic rings. The Hall–Kier alpha value is -1.83. The van der Waals surface area contributed by atoms with Crippen molar-refractivity contribution in [3.8, 4) is 0 Å². The van der Waals surface area contributed by atoms with Gasteiger partial charge in [0.15, 0.2) is 6.61 Å². The number of aliphatic carboxylic acids is 1. The number of hydrogen-bond acceptors (Lipinski definition) is 4. The quantitative estimate of drug-likeness (QED) is 0.503. The zero-order valence-electron chi connectivity index (χ0n) is 9.10. The summed E-state index contributed by atoms with van der Waals surface area (Å²) in [7, 11) is 0. The van der Waals surface area contributed by atoms with Crippen molar-refractivity contribution in [1.29, 1.82) is 0 Å². The minimum Gasteiger partial charge on any atom is -0.479 e. The van der Waals surface area contributed by atoms with Gasteiger partial charge in [0, 0.05) is 6.04 Å². The van der Waals surface area contributed by atoms with Crippen LogP contribution in [-0.4, -0.2) is 47.1 Å². The van der Waals surface area contributed by atoms with Gasteiger partial charge in [0.25, 0.3) is 0 Å². The molecule has 92 valence electrons. The summed E-state index contributed by atoms with van der Waals surface area (Å²) in [6, 6.07) is -0.976. The first-order valence-corrected chi connectivity index (χ1v) is 4.53. The molecule has 0 atom stereocenters. The van der Waals surface area contributed by atoms with Gasteiger partial charge in [0.2, 0.25) is 5.91 Å². The van der Waals surface area contributed by atoms with E-state index in [1.807, 2.05) is 5.48 Å². The standard InChI is InChI=1S/C8H15N3O5/c1-5(2)11(3-6(9)12)8(15)10-16-4-7(13)14/h5H,3-4H2,1-2H3,(H2,9,12)(H,10,15)(H,13,14). The Labute approximate surface area is 92.3 Å². The molecule has 8 nitrogen and oxygen atoms in total. The molecular formula is C8H15N3O5. The molecule has 0 saturated carbocycles. The topological polar surface area (TPSA) is 122 Å². The molecule has 0 aromatic carbocycles. The number of carboxylic acid groups (broad SMARTS) is 1. The first-order valence-electron chi connectivity index (χ1n) is 4.53. The van der Waals surface area contributed by atoms with Crippen LogP contribution in [0.2, 0.25) is 0 Å². The van der Waals surface area contributed by atoms with Crippen LogP contribution in [-0.2, 0) is 14.4 Å². The molecule has 0 bridgehead atoms. The van der Waals surface area contributed by atoms with Crippen molar-refractivity contribution < 1.29 is 24.3 Å². The molecule has 0 aromatic rings. The molecule has 8 heteroatoms. The molecule has 0 aliphatic heterocycles. The third-order valence-electron chi connectivity index (χ3n) is 1.57. The van der Waals surface area contributed by atoms with Crippen molar-refractivity contribution >= 4 is 17.9 Å². The third kappa shape index (κ3) is 5.81. The summed E-state index contributed by atoms with van der Waals surface area (Å²) < 4.78 is 0. The maximum atomic E-state index is 11.4. The van der Waals surface area contributed by atoms with Crippen molar-refractivity contribution in [3.05, 3.63) is 0 Å². The monoisotopic (exact) mass is 233 g/mol. The maximum Gasteiger partial charge on any atom is 0.342 e. The summed E-state index contributed by atoms with van der Waals surface area (Å²) in [5, 5.41) is 8.26. The highest BCUT2D eigenvalue weighted by Gasteiger charge is 2.19. The zero-order chi connectivity index (χ0) is 12.7. The van der Waals surface area contributed by atoms with E-state index >= 15 is 0 Å². The first-order chi connectivity index (χ1) is 7.34. The Kier molecular flexibility index (Phi) is 5.86. The number of carbonyl (C=O) groups excluding carboxylic acids is 2. The number of nitrogens with one attached hydrogen (secondary N) is 1. The van der Waals surface area contributed by atoms with Crippen molar-refractivity contribution in [2.75, 3.05) is 13.2 Å². The lowest BCUT2D eigenvalue weighted by atomic mass is 10.3. The Bertz CT molecular complexity index is 279. The minimum atomic E-state index is -1.22. The number of rotatable bonds is 6. The molecule has 0 aliphatic carbocycles. The van der Waals surface area contributed by atoms with Crippen LogP contribution in [0.1, 0.15) is 13.8 Å². The van der Waals surface area contributed by atoms with Crippen LogP contribution in [0, 0.1) is 0 Å². The smallest absolute Gasteiger partial charge is 0.342 e. The van der Waals surface area contributed by atoms with Crippen LogP contribution in [0.4, 0.5) is 4.79 Å². The molecule has 0 unspecified atom stereocenters. The number of urea groups is 1. The van der Waals surface area contributed by atoms with Crippen molar-refractivity contribution in [3.63, 3.8) is 0 Å². The molecule has 0 radical (unpaired) electrons. The first kappa shape index (κ1) is 14.2. The van der Waals surface area contributed by atoms with E-state index < -0.39 is 24.5 Å². The maximum absolute atomic E-state index is 11.4. The van der Waals surface area contributed by atoms with E-state index in [-0.39, 0.29) is 12.6 Å². The van der Waals surface area contributed by atoms with Crippen LogP contribution < -0.4 is 11.2 Å². The second-order valence-electron chi connectivity index (χ2n) is 3.28.